The second kappa shape index (κ2) is 16.3. The third-order valence-corrected chi connectivity index (χ3v) is 4.67. The molecule has 1 unspecified atom stereocenters. The summed E-state index contributed by atoms with van der Waals surface area (Å²) in [7, 11) is 0. The highest BCUT2D eigenvalue weighted by molar-refractivity contribution is 4.67. The van der Waals surface area contributed by atoms with Crippen LogP contribution in [0.5, 0.6) is 0 Å². The molecule has 1 aliphatic heterocycles. The van der Waals surface area contributed by atoms with Gasteiger partial charge in [-0.05, 0) is 38.5 Å². The maximum absolute atomic E-state index is 8.45. The van der Waals surface area contributed by atoms with Crippen molar-refractivity contribution in [2.24, 2.45) is 0 Å². The summed E-state index contributed by atoms with van der Waals surface area (Å²) in [6.45, 7) is 2.85. The highest BCUT2D eigenvalue weighted by Gasteiger charge is 2.14. The largest absolute Gasteiger partial charge is 0.381 e. The highest BCUT2D eigenvalue weighted by atomic mass is 16.5. The molecule has 0 aliphatic carbocycles. The zero-order valence-electron chi connectivity index (χ0n) is 15.1. The van der Waals surface area contributed by atoms with Gasteiger partial charge in [-0.1, -0.05) is 51.4 Å². The summed E-state index contributed by atoms with van der Waals surface area (Å²) in [5, 5.41) is 8.45. The molecular weight excluding hydrogens is 286 g/mol. The second-order valence-electron chi connectivity index (χ2n) is 6.83. The van der Waals surface area contributed by atoms with Crippen LogP contribution >= 0.6 is 0 Å². The second-order valence-corrected chi connectivity index (χ2v) is 6.83. The van der Waals surface area contributed by atoms with E-state index in [9.17, 15) is 0 Å². The first kappa shape index (κ1) is 20.5. The molecule has 1 rings (SSSR count). The molecule has 0 saturated carbocycles. The Labute approximate surface area is 143 Å². The minimum Gasteiger partial charge on any atom is -0.381 e. The van der Waals surface area contributed by atoms with Gasteiger partial charge in [0, 0.05) is 26.2 Å². The van der Waals surface area contributed by atoms with Gasteiger partial charge in [-0.25, -0.2) is 0 Å². The van der Waals surface area contributed by atoms with Crippen molar-refractivity contribution in [3.8, 4) is 6.07 Å². The summed E-state index contributed by atoms with van der Waals surface area (Å²) >= 11 is 0. The first-order valence-corrected chi connectivity index (χ1v) is 10.00. The molecule has 0 N–H and O–H groups in total. The van der Waals surface area contributed by atoms with Crippen LogP contribution in [-0.2, 0) is 9.47 Å². The van der Waals surface area contributed by atoms with Gasteiger partial charge in [0.25, 0.3) is 0 Å². The average molecular weight is 324 g/mol. The predicted octanol–water partition coefficient (Wildman–Crippen LogP) is 5.78. The van der Waals surface area contributed by atoms with Gasteiger partial charge in [0.2, 0.25) is 0 Å². The van der Waals surface area contributed by atoms with E-state index >= 15 is 0 Å². The van der Waals surface area contributed by atoms with Crippen molar-refractivity contribution >= 4 is 0 Å². The van der Waals surface area contributed by atoms with E-state index in [4.69, 9.17) is 14.7 Å². The number of unbranched alkanes of at least 4 members (excludes halogenated alkanes) is 10. The van der Waals surface area contributed by atoms with Gasteiger partial charge in [-0.3, -0.25) is 0 Å². The topological polar surface area (TPSA) is 42.2 Å². The number of ether oxygens (including phenoxy) is 2. The average Bonchev–Trinajstić information content (AvgIpc) is 3.08. The Morgan fingerprint density at radius 3 is 2.04 bits per heavy atom. The number of hydrogen-bond acceptors (Lipinski definition) is 3. The Kier molecular flexibility index (Phi) is 14.5. The van der Waals surface area contributed by atoms with E-state index in [1.165, 1.54) is 83.5 Å². The van der Waals surface area contributed by atoms with Crippen molar-refractivity contribution in [3.63, 3.8) is 0 Å². The standard InChI is InChI=1S/C20H37NO2/c21-16-10-6-4-2-1-3-5-7-11-17-22-18-12-8-9-14-20-15-13-19-23-20/h20H,1-15,17-19H2. The molecule has 1 heterocycles. The molecule has 1 fully saturated rings. The van der Waals surface area contributed by atoms with Crippen LogP contribution in [0.15, 0.2) is 0 Å². The SMILES string of the molecule is N#CCCCCCCCCCCOCCCCCC1CCCO1. The lowest BCUT2D eigenvalue weighted by Crippen LogP contribution is -2.04. The molecule has 0 aromatic rings. The predicted molar refractivity (Wildman–Crippen MR) is 95.4 cm³/mol. The summed E-state index contributed by atoms with van der Waals surface area (Å²) in [5.74, 6) is 0. The molecule has 0 aromatic heterocycles. The number of nitrogens with zero attached hydrogens (tertiary/aromatic N) is 1. The van der Waals surface area contributed by atoms with Gasteiger partial charge in [0.15, 0.2) is 0 Å². The number of hydrogen-bond donors (Lipinski definition) is 0. The minimum atomic E-state index is 0.558. The van der Waals surface area contributed by atoms with Gasteiger partial charge in [-0.15, -0.1) is 0 Å². The maximum atomic E-state index is 8.45. The van der Waals surface area contributed by atoms with Crippen LogP contribution < -0.4 is 0 Å². The van der Waals surface area contributed by atoms with Crippen LogP contribution in [0.4, 0.5) is 0 Å². The van der Waals surface area contributed by atoms with Crippen molar-refractivity contribution in [2.75, 3.05) is 19.8 Å². The molecule has 0 radical (unpaired) electrons. The van der Waals surface area contributed by atoms with E-state index in [0.717, 1.165) is 32.7 Å². The van der Waals surface area contributed by atoms with E-state index < -0.39 is 0 Å². The summed E-state index contributed by atoms with van der Waals surface area (Å²) in [5.41, 5.74) is 0. The fraction of sp³-hybridized carbons (Fsp3) is 0.950. The van der Waals surface area contributed by atoms with E-state index in [1.807, 2.05) is 0 Å². The summed E-state index contributed by atoms with van der Waals surface area (Å²) < 4.78 is 11.3. The summed E-state index contributed by atoms with van der Waals surface area (Å²) in [6, 6.07) is 2.21. The van der Waals surface area contributed by atoms with Crippen molar-refractivity contribution in [3.05, 3.63) is 0 Å². The Bertz CT molecular complexity index is 282. The van der Waals surface area contributed by atoms with E-state index in [1.54, 1.807) is 0 Å². The molecular formula is C20H37NO2. The molecule has 0 spiro atoms. The van der Waals surface area contributed by atoms with E-state index in [-0.39, 0.29) is 0 Å². The highest BCUT2D eigenvalue weighted by Crippen LogP contribution is 2.18. The lowest BCUT2D eigenvalue weighted by molar-refractivity contribution is 0.0985. The third kappa shape index (κ3) is 13.5. The molecule has 134 valence electrons. The first-order chi connectivity index (χ1) is 11.4. The van der Waals surface area contributed by atoms with Gasteiger partial charge >= 0.3 is 0 Å². The fourth-order valence-electron chi connectivity index (χ4n) is 3.20. The van der Waals surface area contributed by atoms with Gasteiger partial charge in [0.1, 0.15) is 0 Å². The molecule has 3 nitrogen and oxygen atoms in total. The van der Waals surface area contributed by atoms with Crippen LogP contribution in [0.2, 0.25) is 0 Å². The Morgan fingerprint density at radius 2 is 1.43 bits per heavy atom. The van der Waals surface area contributed by atoms with Crippen LogP contribution in [0.1, 0.15) is 96.3 Å². The van der Waals surface area contributed by atoms with Crippen LogP contribution in [0.3, 0.4) is 0 Å². The van der Waals surface area contributed by atoms with Crippen LogP contribution in [0.25, 0.3) is 0 Å². The molecule has 0 bridgehead atoms. The molecule has 23 heavy (non-hydrogen) atoms. The van der Waals surface area contributed by atoms with Gasteiger partial charge in [-0.2, -0.15) is 5.26 Å². The van der Waals surface area contributed by atoms with Gasteiger partial charge in [0.05, 0.1) is 12.2 Å². The molecule has 1 saturated heterocycles. The Balaban J connectivity index is 1.65. The molecule has 1 aliphatic rings. The van der Waals surface area contributed by atoms with Crippen molar-refractivity contribution in [1.29, 1.82) is 5.26 Å². The molecule has 3 heteroatoms. The van der Waals surface area contributed by atoms with E-state index in [0.29, 0.717) is 6.10 Å². The molecule has 0 aromatic carbocycles. The lowest BCUT2D eigenvalue weighted by Gasteiger charge is -2.08. The molecule has 0 amide bonds. The van der Waals surface area contributed by atoms with Crippen molar-refractivity contribution in [1.82, 2.24) is 0 Å². The Morgan fingerprint density at radius 1 is 0.826 bits per heavy atom. The summed E-state index contributed by atoms with van der Waals surface area (Å²) in [4.78, 5) is 0. The van der Waals surface area contributed by atoms with Crippen LogP contribution in [-0.4, -0.2) is 25.9 Å². The first-order valence-electron chi connectivity index (χ1n) is 10.00. The van der Waals surface area contributed by atoms with Gasteiger partial charge < -0.3 is 9.47 Å². The third-order valence-electron chi connectivity index (χ3n) is 4.67. The zero-order chi connectivity index (χ0) is 16.4. The number of rotatable bonds is 16. The Hall–Kier alpha value is -0.590. The maximum Gasteiger partial charge on any atom is 0.0621 e. The number of nitriles is 1. The monoisotopic (exact) mass is 323 g/mol. The lowest BCUT2D eigenvalue weighted by atomic mass is 10.1. The van der Waals surface area contributed by atoms with Crippen molar-refractivity contribution < 1.29 is 9.47 Å². The summed E-state index contributed by atoms with van der Waals surface area (Å²) in [6.07, 6.45) is 19.0. The smallest absolute Gasteiger partial charge is 0.0621 e. The van der Waals surface area contributed by atoms with Crippen molar-refractivity contribution in [2.45, 2.75) is 102 Å². The molecule has 1 atom stereocenters. The minimum absolute atomic E-state index is 0.558. The van der Waals surface area contributed by atoms with Crippen LogP contribution in [0, 0.1) is 11.3 Å². The quantitative estimate of drug-likeness (QED) is 0.338. The fourth-order valence-corrected chi connectivity index (χ4v) is 3.20. The normalized spacial score (nSPS) is 17.4. The van der Waals surface area contributed by atoms with E-state index in [2.05, 4.69) is 6.07 Å². The zero-order valence-corrected chi connectivity index (χ0v) is 15.1.